The first-order valence-electron chi connectivity index (χ1n) is 2.95. The summed E-state index contributed by atoms with van der Waals surface area (Å²) in [6, 6.07) is 0. The number of hydrogen-bond donors (Lipinski definition) is 3. The highest BCUT2D eigenvalue weighted by Gasteiger charge is 2.07. The van der Waals surface area contributed by atoms with Crippen molar-refractivity contribution in [3.8, 4) is 0 Å². The van der Waals surface area contributed by atoms with E-state index < -0.39 is 9.89 Å². The number of aliphatic carboxylic acids is 1. The molecule has 0 aromatic rings. The number of aliphatic hydroxyl groups excluding tert-OH is 1. The molecule has 0 aromatic heterocycles. The van der Waals surface area contributed by atoms with E-state index in [4.69, 9.17) is 45.0 Å². The molecule has 0 rings (SSSR count). The van der Waals surface area contributed by atoms with Gasteiger partial charge in [-0.05, 0) is 6.42 Å². The highest BCUT2D eigenvalue weighted by molar-refractivity contribution is 6.66. The van der Waals surface area contributed by atoms with E-state index in [2.05, 4.69) is 5.73 Å². The molecule has 0 bridgehead atoms. The Kier molecular flexibility index (Phi) is 9.70. The molecule has 0 unspecified atom stereocenters. The van der Waals surface area contributed by atoms with E-state index in [0.717, 1.165) is 0 Å². The van der Waals surface area contributed by atoms with Gasteiger partial charge in [-0.25, -0.2) is 0 Å². The van der Waals surface area contributed by atoms with Crippen LogP contribution in [0.2, 0.25) is 0 Å². The Labute approximate surface area is 85.2 Å². The van der Waals surface area contributed by atoms with Gasteiger partial charge < -0.3 is 10.2 Å². The Morgan fingerprint density at radius 2 is 1.75 bits per heavy atom. The summed E-state index contributed by atoms with van der Waals surface area (Å²) in [7, 11) is 0. The summed E-state index contributed by atoms with van der Waals surface area (Å²) < 4.78 is -1.58. The van der Waals surface area contributed by atoms with Crippen molar-refractivity contribution < 1.29 is 15.0 Å². The number of halogens is 3. The van der Waals surface area contributed by atoms with Crippen molar-refractivity contribution in [2.45, 2.75) is 16.8 Å². The quantitative estimate of drug-likeness (QED) is 0.508. The molecule has 0 saturated carbocycles. The van der Waals surface area contributed by atoms with Gasteiger partial charge in [-0.15, -0.1) is 0 Å². The molecule has 12 heavy (non-hydrogen) atoms. The Balaban J connectivity index is 0. The maximum Gasteiger partial charge on any atom is 0.303 e. The van der Waals surface area contributed by atoms with Crippen LogP contribution < -0.4 is 5.73 Å². The third-order valence-corrected chi connectivity index (χ3v) is 0.549. The topological polar surface area (TPSA) is 83.6 Å². The van der Waals surface area contributed by atoms with Crippen molar-refractivity contribution >= 4 is 40.8 Å². The third-order valence-electron chi connectivity index (χ3n) is 0.549. The lowest BCUT2D eigenvalue weighted by atomic mass is 10.3. The first kappa shape index (κ1) is 14.8. The van der Waals surface area contributed by atoms with Crippen LogP contribution in [-0.4, -0.2) is 26.7 Å². The average molecular weight is 238 g/mol. The van der Waals surface area contributed by atoms with E-state index >= 15 is 0 Å². The summed E-state index contributed by atoms with van der Waals surface area (Å²) >= 11 is 14.5. The number of hydrogen-bond acceptors (Lipinski definition) is 3. The fourth-order valence-electron chi connectivity index (χ4n) is 0.230. The van der Waals surface area contributed by atoms with Crippen molar-refractivity contribution in [1.82, 2.24) is 0 Å². The third kappa shape index (κ3) is 48.5. The molecule has 0 atom stereocenters. The average Bonchev–Trinajstić information content (AvgIpc) is 1.79. The van der Waals surface area contributed by atoms with Gasteiger partial charge in [0, 0.05) is 13.0 Å². The minimum absolute atomic E-state index is 0.0354. The summed E-state index contributed by atoms with van der Waals surface area (Å²) in [6.07, 6.45) is 0.422. The summed E-state index contributed by atoms with van der Waals surface area (Å²) in [6.45, 7) is -0.0354. The molecule has 74 valence electrons. The van der Waals surface area contributed by atoms with Gasteiger partial charge in [0.25, 0.3) is 0 Å². The van der Waals surface area contributed by atoms with Crippen LogP contribution in [0.5, 0.6) is 0 Å². The minimum atomic E-state index is -1.58. The van der Waals surface area contributed by atoms with Gasteiger partial charge in [0.1, 0.15) is 0 Å². The zero-order valence-electron chi connectivity index (χ0n) is 6.14. The van der Waals surface area contributed by atoms with Crippen LogP contribution in [0.4, 0.5) is 0 Å². The van der Waals surface area contributed by atoms with Gasteiger partial charge in [-0.3, -0.25) is 10.5 Å². The minimum Gasteiger partial charge on any atom is -0.481 e. The number of carboxylic acids is 1. The molecule has 0 aliphatic carbocycles. The number of aliphatic hydroxyl groups is 1. The van der Waals surface area contributed by atoms with Crippen LogP contribution >= 0.6 is 34.8 Å². The Bertz CT molecular complexity index is 120. The standard InChI is InChI=1S/C4H8O3.CH2Cl3N/c5-3-1-2-4(6)7;2-1(3,4)5/h5H,1-3H2,(H,6,7);5H2. The Hall–Kier alpha value is 0.260. The highest BCUT2D eigenvalue weighted by atomic mass is 35.6. The van der Waals surface area contributed by atoms with Crippen LogP contribution in [0.3, 0.4) is 0 Å². The smallest absolute Gasteiger partial charge is 0.303 e. The monoisotopic (exact) mass is 237 g/mol. The molecule has 0 aliphatic heterocycles. The van der Waals surface area contributed by atoms with E-state index in [9.17, 15) is 4.79 Å². The SMILES string of the molecule is NC(Cl)(Cl)Cl.O=C(O)CCCO. The molecule has 0 amide bonds. The number of carboxylic acid groups (broad SMARTS) is 1. The summed E-state index contributed by atoms with van der Waals surface area (Å²) in [5.41, 5.74) is 4.65. The van der Waals surface area contributed by atoms with Crippen molar-refractivity contribution in [3.63, 3.8) is 0 Å². The fourth-order valence-corrected chi connectivity index (χ4v) is 0.230. The Morgan fingerprint density at radius 1 is 1.42 bits per heavy atom. The normalized spacial score (nSPS) is 10.1. The van der Waals surface area contributed by atoms with Crippen LogP contribution in [0.15, 0.2) is 0 Å². The molecule has 0 fully saturated rings. The second kappa shape index (κ2) is 7.89. The van der Waals surface area contributed by atoms with Gasteiger partial charge in [0.2, 0.25) is 3.92 Å². The molecular formula is C5H10Cl3NO3. The van der Waals surface area contributed by atoms with Gasteiger partial charge in [-0.2, -0.15) is 0 Å². The van der Waals surface area contributed by atoms with E-state index in [0.29, 0.717) is 6.42 Å². The maximum atomic E-state index is 9.65. The molecule has 4 nitrogen and oxygen atoms in total. The van der Waals surface area contributed by atoms with Gasteiger partial charge in [0.15, 0.2) is 0 Å². The predicted molar refractivity (Wildman–Crippen MR) is 48.4 cm³/mol. The molecule has 0 saturated heterocycles. The first-order chi connectivity index (χ1) is 5.27. The van der Waals surface area contributed by atoms with Crippen LogP contribution in [0, 0.1) is 0 Å². The van der Waals surface area contributed by atoms with E-state index in [-0.39, 0.29) is 13.0 Å². The molecular weight excluding hydrogens is 228 g/mol. The second-order valence-electron chi connectivity index (χ2n) is 1.76. The summed E-state index contributed by atoms with van der Waals surface area (Å²) in [5, 5.41) is 16.0. The van der Waals surface area contributed by atoms with Crippen molar-refractivity contribution in [1.29, 1.82) is 0 Å². The zero-order valence-corrected chi connectivity index (χ0v) is 8.40. The predicted octanol–water partition coefficient (Wildman–Crippen LogP) is 1.12. The number of carbonyl (C=O) groups is 1. The summed E-state index contributed by atoms with van der Waals surface area (Å²) in [5.74, 6) is -0.853. The molecule has 7 heteroatoms. The van der Waals surface area contributed by atoms with E-state index in [1.165, 1.54) is 0 Å². The van der Waals surface area contributed by atoms with E-state index in [1.807, 2.05) is 0 Å². The molecule has 0 aliphatic rings. The van der Waals surface area contributed by atoms with Crippen LogP contribution in [-0.2, 0) is 4.79 Å². The van der Waals surface area contributed by atoms with E-state index in [1.54, 1.807) is 0 Å². The number of nitrogens with two attached hydrogens (primary N) is 1. The zero-order chi connectivity index (χ0) is 10.2. The lowest BCUT2D eigenvalue weighted by molar-refractivity contribution is -0.137. The van der Waals surface area contributed by atoms with Gasteiger partial charge >= 0.3 is 5.97 Å². The lowest BCUT2D eigenvalue weighted by Gasteiger charge is -1.95. The molecule has 0 spiro atoms. The maximum absolute atomic E-state index is 9.65. The fraction of sp³-hybridized carbons (Fsp3) is 0.800. The number of rotatable bonds is 3. The van der Waals surface area contributed by atoms with Crippen LogP contribution in [0.25, 0.3) is 0 Å². The largest absolute Gasteiger partial charge is 0.481 e. The Morgan fingerprint density at radius 3 is 1.83 bits per heavy atom. The van der Waals surface area contributed by atoms with Gasteiger partial charge in [0.05, 0.1) is 0 Å². The molecule has 0 heterocycles. The van der Waals surface area contributed by atoms with Crippen molar-refractivity contribution in [3.05, 3.63) is 0 Å². The molecule has 0 radical (unpaired) electrons. The van der Waals surface area contributed by atoms with Gasteiger partial charge in [-0.1, -0.05) is 34.8 Å². The number of alkyl halides is 3. The lowest BCUT2D eigenvalue weighted by Crippen LogP contribution is -2.15. The first-order valence-corrected chi connectivity index (χ1v) is 4.09. The van der Waals surface area contributed by atoms with Crippen molar-refractivity contribution in [2.75, 3.05) is 6.61 Å². The van der Waals surface area contributed by atoms with Crippen LogP contribution in [0.1, 0.15) is 12.8 Å². The molecule has 4 N–H and O–H groups in total. The second-order valence-corrected chi connectivity index (χ2v) is 4.13. The highest BCUT2D eigenvalue weighted by Crippen LogP contribution is 2.16. The van der Waals surface area contributed by atoms with Crippen molar-refractivity contribution in [2.24, 2.45) is 5.73 Å². The summed E-state index contributed by atoms with van der Waals surface area (Å²) in [4.78, 5) is 9.65. The molecule has 0 aromatic carbocycles.